The van der Waals surface area contributed by atoms with E-state index in [4.69, 9.17) is 9.84 Å². The van der Waals surface area contributed by atoms with Crippen molar-refractivity contribution in [3.05, 3.63) is 0 Å². The lowest BCUT2D eigenvalue weighted by Crippen LogP contribution is -2.63. The van der Waals surface area contributed by atoms with Gasteiger partial charge in [0.15, 0.2) is 0 Å². The summed E-state index contributed by atoms with van der Waals surface area (Å²) in [5, 5.41) is 12.5. The highest BCUT2D eigenvalue weighted by Gasteiger charge is 2.57. The quantitative estimate of drug-likeness (QED) is 0.642. The molecule has 0 aliphatic carbocycles. The number of amides is 1. The zero-order valence-electron chi connectivity index (χ0n) is 10.1. The summed E-state index contributed by atoms with van der Waals surface area (Å²) in [4.78, 5) is 12.5. The number of carboxylic acid groups (broad SMARTS) is 1. The molecule has 0 aromatic carbocycles. The van der Waals surface area contributed by atoms with Gasteiger partial charge in [-0.3, -0.25) is 0 Å². The van der Waals surface area contributed by atoms with E-state index < -0.39 is 6.09 Å². The summed E-state index contributed by atoms with van der Waals surface area (Å²) < 4.78 is 5.97. The molecule has 0 saturated carbocycles. The highest BCUT2D eigenvalue weighted by atomic mass is 16.5. The highest BCUT2D eigenvalue weighted by Crippen LogP contribution is 2.42. The van der Waals surface area contributed by atoms with E-state index in [2.05, 4.69) is 26.1 Å². The van der Waals surface area contributed by atoms with Crippen LogP contribution in [0, 0.1) is 5.41 Å². The van der Waals surface area contributed by atoms with Gasteiger partial charge in [-0.15, -0.1) is 0 Å². The monoisotopic (exact) mass is 228 g/mol. The van der Waals surface area contributed by atoms with Gasteiger partial charge in [0, 0.05) is 13.1 Å². The van der Waals surface area contributed by atoms with E-state index in [-0.39, 0.29) is 17.1 Å². The zero-order chi connectivity index (χ0) is 12.0. The van der Waals surface area contributed by atoms with Crippen molar-refractivity contribution in [1.82, 2.24) is 10.2 Å². The zero-order valence-corrected chi connectivity index (χ0v) is 10.1. The molecule has 2 aliphatic rings. The largest absolute Gasteiger partial charge is 0.465 e. The van der Waals surface area contributed by atoms with Gasteiger partial charge in [0.25, 0.3) is 0 Å². The maximum absolute atomic E-state index is 11.1. The molecule has 0 spiro atoms. The smallest absolute Gasteiger partial charge is 0.407 e. The summed E-state index contributed by atoms with van der Waals surface area (Å²) in [6.07, 6.45) is -0.858. The standard InChI is InChI=1S/C11H20N2O3/c1-10(2,3)11-7-13(9(14)15)6-8(11)12-4-5-16-11/h8,12H,4-7H2,1-3H3,(H,14,15)/t8-,11+/m0/s1. The molecule has 2 atom stereocenters. The second kappa shape index (κ2) is 3.60. The maximum Gasteiger partial charge on any atom is 0.407 e. The number of rotatable bonds is 0. The normalized spacial score (nSPS) is 34.9. The van der Waals surface area contributed by atoms with Crippen LogP contribution in [0.2, 0.25) is 0 Å². The Morgan fingerprint density at radius 3 is 2.75 bits per heavy atom. The van der Waals surface area contributed by atoms with Gasteiger partial charge in [-0.1, -0.05) is 20.8 Å². The summed E-state index contributed by atoms with van der Waals surface area (Å²) >= 11 is 0. The molecule has 2 rings (SSSR count). The van der Waals surface area contributed by atoms with E-state index in [1.165, 1.54) is 4.90 Å². The predicted octanol–water partition coefficient (Wildman–Crippen LogP) is 0.753. The van der Waals surface area contributed by atoms with Crippen molar-refractivity contribution >= 4 is 6.09 Å². The Morgan fingerprint density at radius 1 is 1.56 bits per heavy atom. The minimum atomic E-state index is -0.858. The molecule has 2 aliphatic heterocycles. The van der Waals surface area contributed by atoms with E-state index in [0.717, 1.165) is 6.54 Å². The van der Waals surface area contributed by atoms with Gasteiger partial charge in [0.2, 0.25) is 0 Å². The predicted molar refractivity (Wildman–Crippen MR) is 59.5 cm³/mol. The minimum absolute atomic E-state index is 0.0741. The number of nitrogens with zero attached hydrogens (tertiary/aromatic N) is 1. The lowest BCUT2D eigenvalue weighted by molar-refractivity contribution is -0.139. The van der Waals surface area contributed by atoms with E-state index in [1.54, 1.807) is 0 Å². The van der Waals surface area contributed by atoms with Gasteiger partial charge < -0.3 is 20.1 Å². The second-order valence-electron chi connectivity index (χ2n) is 5.66. The molecule has 2 N–H and O–H groups in total. The summed E-state index contributed by atoms with van der Waals surface area (Å²) in [6, 6.07) is 0.109. The van der Waals surface area contributed by atoms with Gasteiger partial charge in [-0.2, -0.15) is 0 Å². The number of morpholine rings is 1. The Hall–Kier alpha value is -0.810. The van der Waals surface area contributed by atoms with Crippen LogP contribution in [0.5, 0.6) is 0 Å². The summed E-state index contributed by atoms with van der Waals surface area (Å²) in [6.45, 7) is 8.77. The molecule has 2 fully saturated rings. The molecule has 5 nitrogen and oxygen atoms in total. The molecule has 0 radical (unpaired) electrons. The third kappa shape index (κ3) is 1.58. The summed E-state index contributed by atoms with van der Waals surface area (Å²) in [5.41, 5.74) is -0.459. The first kappa shape index (κ1) is 11.7. The van der Waals surface area contributed by atoms with E-state index in [0.29, 0.717) is 19.7 Å². The number of ether oxygens (including phenoxy) is 1. The van der Waals surface area contributed by atoms with Crippen LogP contribution in [0.1, 0.15) is 20.8 Å². The first-order chi connectivity index (χ1) is 7.37. The molecule has 2 heterocycles. The third-order valence-corrected chi connectivity index (χ3v) is 3.78. The molecule has 0 aromatic heterocycles. The first-order valence-electron chi connectivity index (χ1n) is 5.72. The molecule has 1 amide bonds. The van der Waals surface area contributed by atoms with Crippen LogP contribution in [0.4, 0.5) is 4.79 Å². The Labute approximate surface area is 95.8 Å². The summed E-state index contributed by atoms with van der Waals surface area (Å²) in [7, 11) is 0. The molecule has 16 heavy (non-hydrogen) atoms. The van der Waals surface area contributed by atoms with Crippen molar-refractivity contribution in [1.29, 1.82) is 0 Å². The molecule has 0 bridgehead atoms. The molecule has 0 aromatic rings. The van der Waals surface area contributed by atoms with Crippen LogP contribution in [-0.4, -0.2) is 54.0 Å². The second-order valence-corrected chi connectivity index (χ2v) is 5.66. The number of nitrogens with one attached hydrogen (secondary N) is 1. The van der Waals surface area contributed by atoms with Gasteiger partial charge in [0.05, 0.1) is 19.2 Å². The fraction of sp³-hybridized carbons (Fsp3) is 0.909. The van der Waals surface area contributed by atoms with Crippen molar-refractivity contribution in [2.75, 3.05) is 26.2 Å². The minimum Gasteiger partial charge on any atom is -0.465 e. The van der Waals surface area contributed by atoms with E-state index in [9.17, 15) is 4.79 Å². The average Bonchev–Trinajstić information content (AvgIpc) is 2.56. The lowest BCUT2D eigenvalue weighted by Gasteiger charge is -2.48. The Morgan fingerprint density at radius 2 is 2.25 bits per heavy atom. The van der Waals surface area contributed by atoms with Crippen LogP contribution in [0.3, 0.4) is 0 Å². The van der Waals surface area contributed by atoms with Crippen LogP contribution >= 0.6 is 0 Å². The van der Waals surface area contributed by atoms with Crippen LogP contribution < -0.4 is 5.32 Å². The van der Waals surface area contributed by atoms with Crippen molar-refractivity contribution in [3.8, 4) is 0 Å². The Balaban J connectivity index is 2.28. The fourth-order valence-electron chi connectivity index (χ4n) is 2.79. The van der Waals surface area contributed by atoms with Crippen LogP contribution in [0.25, 0.3) is 0 Å². The molecule has 92 valence electrons. The molecular formula is C11H20N2O3. The molecule has 0 unspecified atom stereocenters. The van der Waals surface area contributed by atoms with Gasteiger partial charge in [-0.05, 0) is 5.41 Å². The Bertz CT molecular complexity index is 300. The maximum atomic E-state index is 11.1. The number of hydrogen-bond donors (Lipinski definition) is 2. The number of carbonyl (C=O) groups is 1. The van der Waals surface area contributed by atoms with E-state index >= 15 is 0 Å². The van der Waals surface area contributed by atoms with Crippen molar-refractivity contribution in [3.63, 3.8) is 0 Å². The van der Waals surface area contributed by atoms with Crippen molar-refractivity contribution < 1.29 is 14.6 Å². The number of fused-ring (bicyclic) bond motifs is 1. The molecule has 5 heteroatoms. The third-order valence-electron chi connectivity index (χ3n) is 3.78. The lowest BCUT2D eigenvalue weighted by atomic mass is 9.72. The Kier molecular flexibility index (Phi) is 2.62. The topological polar surface area (TPSA) is 61.8 Å². The van der Waals surface area contributed by atoms with Crippen LogP contribution in [-0.2, 0) is 4.74 Å². The first-order valence-corrected chi connectivity index (χ1v) is 5.72. The fourth-order valence-corrected chi connectivity index (χ4v) is 2.79. The van der Waals surface area contributed by atoms with Gasteiger partial charge >= 0.3 is 6.09 Å². The molecule has 2 saturated heterocycles. The van der Waals surface area contributed by atoms with E-state index in [1.807, 2.05) is 0 Å². The van der Waals surface area contributed by atoms with Gasteiger partial charge in [-0.25, -0.2) is 4.79 Å². The van der Waals surface area contributed by atoms with Crippen molar-refractivity contribution in [2.45, 2.75) is 32.4 Å². The number of hydrogen-bond acceptors (Lipinski definition) is 3. The number of likely N-dealkylation sites (tertiary alicyclic amines) is 1. The highest BCUT2D eigenvalue weighted by molar-refractivity contribution is 5.66. The van der Waals surface area contributed by atoms with Gasteiger partial charge in [0.1, 0.15) is 5.60 Å². The molecular weight excluding hydrogens is 208 g/mol. The average molecular weight is 228 g/mol. The van der Waals surface area contributed by atoms with Crippen molar-refractivity contribution in [2.24, 2.45) is 5.41 Å². The SMILES string of the molecule is CC(C)(C)[C@@]12CN(C(=O)O)C[C@@H]1NCCO2. The van der Waals surface area contributed by atoms with Crippen LogP contribution in [0.15, 0.2) is 0 Å². The summed E-state index contributed by atoms with van der Waals surface area (Å²) in [5.74, 6) is 0.